The molecule has 6 nitrogen and oxygen atoms in total. The van der Waals surface area contributed by atoms with Gasteiger partial charge in [-0.1, -0.05) is 29.7 Å². The van der Waals surface area contributed by atoms with Crippen LogP contribution < -0.4 is 4.90 Å². The molecule has 0 radical (unpaired) electrons. The summed E-state index contributed by atoms with van der Waals surface area (Å²) >= 11 is 2.40. The van der Waals surface area contributed by atoms with Gasteiger partial charge < -0.3 is 4.90 Å². The lowest BCUT2D eigenvalue weighted by Gasteiger charge is -2.24. The van der Waals surface area contributed by atoms with Crippen molar-refractivity contribution in [2.24, 2.45) is 0 Å². The molecule has 10 heteroatoms. The summed E-state index contributed by atoms with van der Waals surface area (Å²) in [7, 11) is 0. The van der Waals surface area contributed by atoms with Gasteiger partial charge in [0.1, 0.15) is 10.7 Å². The molecule has 0 fully saturated rings. The first-order chi connectivity index (χ1) is 12.5. The van der Waals surface area contributed by atoms with Gasteiger partial charge in [0.2, 0.25) is 0 Å². The Kier molecular flexibility index (Phi) is 7.60. The van der Waals surface area contributed by atoms with Crippen LogP contribution in [0.2, 0.25) is 0 Å². The van der Waals surface area contributed by atoms with Crippen LogP contribution in [0, 0.1) is 12.7 Å². The first-order valence-corrected chi connectivity index (χ1v) is 10.0. The molecule has 0 saturated carbocycles. The van der Waals surface area contributed by atoms with E-state index in [0.717, 1.165) is 35.9 Å². The Labute approximate surface area is 171 Å². The van der Waals surface area contributed by atoms with E-state index in [1.807, 2.05) is 0 Å². The second kappa shape index (κ2) is 9.50. The molecule has 3 rings (SSSR count). The topological polar surface area (TPSA) is 62.2 Å². The van der Waals surface area contributed by atoms with E-state index in [2.05, 4.69) is 33.3 Å². The lowest BCUT2D eigenvalue weighted by Crippen LogP contribution is -2.38. The second-order valence-corrected chi connectivity index (χ2v) is 7.54. The van der Waals surface area contributed by atoms with Gasteiger partial charge in [-0.15, -0.1) is 17.5 Å². The molecule has 0 aliphatic rings. The molecule has 0 aliphatic heterocycles. The largest absolute Gasteiger partial charge is 0.302 e. The number of hydrogen-bond donors (Lipinski definition) is 0. The predicted molar refractivity (Wildman–Crippen MR) is 111 cm³/mol. The number of fused-ring (bicyclic) bond motifs is 1. The van der Waals surface area contributed by atoms with Crippen molar-refractivity contribution in [2.45, 2.75) is 20.8 Å². The van der Waals surface area contributed by atoms with Crippen LogP contribution in [0.5, 0.6) is 0 Å². The average molecular weight is 430 g/mol. The number of aromatic nitrogens is 3. The van der Waals surface area contributed by atoms with Gasteiger partial charge >= 0.3 is 0 Å². The van der Waals surface area contributed by atoms with Crippen LogP contribution in [0.3, 0.4) is 0 Å². The Bertz CT molecular complexity index is 912. The van der Waals surface area contributed by atoms with Crippen LogP contribution in [-0.2, 0) is 0 Å². The van der Waals surface area contributed by atoms with E-state index in [1.165, 1.54) is 23.5 Å². The number of benzene rings is 1. The van der Waals surface area contributed by atoms with E-state index in [9.17, 15) is 9.18 Å². The third-order valence-electron chi connectivity index (χ3n) is 4.20. The predicted octanol–water partition coefficient (Wildman–Crippen LogP) is 4.01. The highest BCUT2D eigenvalue weighted by molar-refractivity contribution is 7.22. The lowest BCUT2D eigenvalue weighted by atomic mass is 10.3. The van der Waals surface area contributed by atoms with E-state index >= 15 is 0 Å². The van der Waals surface area contributed by atoms with Crippen molar-refractivity contribution in [1.82, 2.24) is 19.5 Å². The van der Waals surface area contributed by atoms with E-state index in [-0.39, 0.29) is 24.1 Å². The number of carbonyl (C=O) groups excluding carboxylic acids is 1. The molecular weight excluding hydrogens is 409 g/mol. The monoisotopic (exact) mass is 429 g/mol. The standard InChI is InChI=1S/C17H20FN5OS2.ClH/c1-4-22(5-2)8-9-23(16(24)15-11(3)20-21-26-15)17-19-13-7-6-12(18)10-14(13)25-17;/h6-7,10H,4-5,8-9H2,1-3H3;1H. The number of nitrogens with zero attached hydrogens (tertiary/aromatic N) is 5. The van der Waals surface area contributed by atoms with Crippen LogP contribution in [0.4, 0.5) is 9.52 Å². The zero-order chi connectivity index (χ0) is 18.7. The van der Waals surface area contributed by atoms with Crippen LogP contribution in [-0.4, -0.2) is 51.6 Å². The number of amides is 1. The van der Waals surface area contributed by atoms with Gasteiger partial charge in [-0.25, -0.2) is 9.37 Å². The highest BCUT2D eigenvalue weighted by atomic mass is 35.5. The molecule has 2 aromatic heterocycles. The summed E-state index contributed by atoms with van der Waals surface area (Å²) in [5, 5.41) is 4.51. The maximum atomic E-state index is 13.5. The summed E-state index contributed by atoms with van der Waals surface area (Å²) in [6, 6.07) is 4.46. The maximum absolute atomic E-state index is 13.5. The average Bonchev–Trinajstić information content (AvgIpc) is 3.23. The lowest BCUT2D eigenvalue weighted by molar-refractivity contribution is 0.0987. The maximum Gasteiger partial charge on any atom is 0.273 e. The quantitative estimate of drug-likeness (QED) is 0.568. The molecule has 146 valence electrons. The Morgan fingerprint density at radius 1 is 1.22 bits per heavy atom. The highest BCUT2D eigenvalue weighted by Gasteiger charge is 2.25. The van der Waals surface area contributed by atoms with Crippen molar-refractivity contribution in [3.63, 3.8) is 0 Å². The first-order valence-electron chi connectivity index (χ1n) is 8.42. The summed E-state index contributed by atoms with van der Waals surface area (Å²) < 4.78 is 18.1. The third kappa shape index (κ3) is 4.78. The molecule has 1 amide bonds. The smallest absolute Gasteiger partial charge is 0.273 e. The number of anilines is 1. The van der Waals surface area contributed by atoms with Gasteiger partial charge in [-0.2, -0.15) is 0 Å². The Morgan fingerprint density at radius 2 is 1.96 bits per heavy atom. The normalized spacial score (nSPS) is 11.0. The first kappa shape index (κ1) is 21.6. The fraction of sp³-hybridized carbons (Fsp3) is 0.412. The van der Waals surface area contributed by atoms with E-state index in [0.29, 0.717) is 27.8 Å². The molecule has 0 unspecified atom stereocenters. The van der Waals surface area contributed by atoms with E-state index in [4.69, 9.17) is 0 Å². The molecule has 27 heavy (non-hydrogen) atoms. The van der Waals surface area contributed by atoms with Crippen molar-refractivity contribution >= 4 is 56.5 Å². The number of aryl methyl sites for hydroxylation is 1. The molecule has 0 saturated heterocycles. The number of halogens is 2. The SMILES string of the molecule is CCN(CC)CCN(C(=O)c1snnc1C)c1nc2ccc(F)cc2s1.Cl. The summed E-state index contributed by atoms with van der Waals surface area (Å²) in [5.41, 5.74) is 1.30. The van der Waals surface area contributed by atoms with Crippen molar-refractivity contribution in [1.29, 1.82) is 0 Å². The fourth-order valence-electron chi connectivity index (χ4n) is 2.62. The molecule has 1 aromatic carbocycles. The zero-order valence-electron chi connectivity index (χ0n) is 15.3. The van der Waals surface area contributed by atoms with Crippen molar-refractivity contribution in [3.8, 4) is 0 Å². The molecule has 0 spiro atoms. The van der Waals surface area contributed by atoms with Gasteiger partial charge in [0.05, 0.1) is 15.9 Å². The van der Waals surface area contributed by atoms with Gasteiger partial charge in [0.25, 0.3) is 5.91 Å². The minimum atomic E-state index is -0.309. The van der Waals surface area contributed by atoms with Crippen LogP contribution in [0.25, 0.3) is 10.2 Å². The Balaban J connectivity index is 0.00000261. The number of carbonyl (C=O) groups is 1. The Hall–Kier alpha value is -1.68. The summed E-state index contributed by atoms with van der Waals surface area (Å²) in [6.45, 7) is 9.00. The number of thiazole rings is 1. The third-order valence-corrected chi connectivity index (χ3v) is 6.05. The molecule has 0 bridgehead atoms. The summed E-state index contributed by atoms with van der Waals surface area (Å²) in [6.07, 6.45) is 0. The van der Waals surface area contributed by atoms with Crippen LogP contribution in [0.1, 0.15) is 29.2 Å². The minimum Gasteiger partial charge on any atom is -0.302 e. The Morgan fingerprint density at radius 3 is 2.59 bits per heavy atom. The minimum absolute atomic E-state index is 0. The van der Waals surface area contributed by atoms with E-state index in [1.54, 1.807) is 17.9 Å². The molecule has 0 atom stereocenters. The fourth-order valence-corrected chi connectivity index (χ4v) is 4.24. The van der Waals surface area contributed by atoms with Gasteiger partial charge in [0, 0.05) is 13.1 Å². The van der Waals surface area contributed by atoms with Crippen molar-refractivity contribution < 1.29 is 9.18 Å². The summed E-state index contributed by atoms with van der Waals surface area (Å²) in [4.78, 5) is 22.0. The number of hydrogen-bond acceptors (Lipinski definition) is 7. The second-order valence-electron chi connectivity index (χ2n) is 5.78. The zero-order valence-corrected chi connectivity index (χ0v) is 17.8. The molecule has 3 aromatic rings. The van der Waals surface area contributed by atoms with E-state index < -0.39 is 0 Å². The molecule has 2 heterocycles. The molecule has 0 N–H and O–H groups in total. The van der Waals surface area contributed by atoms with Crippen molar-refractivity contribution in [3.05, 3.63) is 34.6 Å². The molecule has 0 aliphatic carbocycles. The highest BCUT2D eigenvalue weighted by Crippen LogP contribution is 2.30. The van der Waals surface area contributed by atoms with Gasteiger partial charge in [-0.05, 0) is 49.7 Å². The van der Waals surface area contributed by atoms with Crippen LogP contribution in [0.15, 0.2) is 18.2 Å². The molecular formula is C17H21ClFN5OS2. The summed E-state index contributed by atoms with van der Waals surface area (Å²) in [5.74, 6) is -0.472. The van der Waals surface area contributed by atoms with Crippen molar-refractivity contribution in [2.75, 3.05) is 31.1 Å². The number of rotatable bonds is 7. The van der Waals surface area contributed by atoms with Crippen LogP contribution >= 0.6 is 35.3 Å². The van der Waals surface area contributed by atoms with Gasteiger partial charge in [0.15, 0.2) is 5.13 Å². The number of likely N-dealkylation sites (N-methyl/N-ethyl adjacent to an activating group) is 1. The van der Waals surface area contributed by atoms with Gasteiger partial charge in [-0.3, -0.25) is 9.69 Å².